The van der Waals surface area contributed by atoms with Gasteiger partial charge in [0.15, 0.2) is 0 Å². The van der Waals surface area contributed by atoms with Crippen LogP contribution in [-0.2, 0) is 14.3 Å². The van der Waals surface area contributed by atoms with Gasteiger partial charge in [-0.05, 0) is 83.5 Å². The van der Waals surface area contributed by atoms with E-state index in [-0.39, 0.29) is 18.5 Å². The molecule has 2 atom stereocenters. The van der Waals surface area contributed by atoms with Gasteiger partial charge >= 0.3 is 5.97 Å². The number of ether oxygens (including phenoxy) is 1. The molecular weight excluding hydrogens is 767 g/mol. The van der Waals surface area contributed by atoms with Gasteiger partial charge in [0.25, 0.3) is 0 Å². The van der Waals surface area contributed by atoms with Gasteiger partial charge in [0.1, 0.15) is 0 Å². The highest BCUT2D eigenvalue weighted by molar-refractivity contribution is 5.76. The molecule has 0 saturated carbocycles. The van der Waals surface area contributed by atoms with Crippen LogP contribution in [0.4, 0.5) is 0 Å². The maximum Gasteiger partial charge on any atom is 0.305 e. The van der Waals surface area contributed by atoms with Gasteiger partial charge in [-0.2, -0.15) is 0 Å². The van der Waals surface area contributed by atoms with Crippen LogP contribution < -0.4 is 5.32 Å². The first-order chi connectivity index (χ1) is 30.5. The third kappa shape index (κ3) is 47.6. The van der Waals surface area contributed by atoms with Crippen molar-refractivity contribution in [1.29, 1.82) is 0 Å². The minimum Gasteiger partial charge on any atom is -0.466 e. The van der Waals surface area contributed by atoms with Crippen molar-refractivity contribution < 1.29 is 24.5 Å². The Bertz CT molecular complexity index is 1010. The second kappa shape index (κ2) is 51.7. The molecule has 0 aromatic carbocycles. The topological polar surface area (TPSA) is 95.9 Å². The first-order valence-electron chi connectivity index (χ1n) is 27.3. The van der Waals surface area contributed by atoms with E-state index in [2.05, 4.69) is 43.5 Å². The summed E-state index contributed by atoms with van der Waals surface area (Å²) in [6, 6.07) is -0.639. The summed E-state index contributed by atoms with van der Waals surface area (Å²) in [6.07, 6.45) is 62.9. The highest BCUT2D eigenvalue weighted by Gasteiger charge is 2.18. The Morgan fingerprint density at radius 3 is 1.15 bits per heavy atom. The molecule has 0 radical (unpaired) electrons. The van der Waals surface area contributed by atoms with Crippen molar-refractivity contribution >= 4 is 11.9 Å². The predicted molar refractivity (Wildman–Crippen MR) is 269 cm³/mol. The van der Waals surface area contributed by atoms with Crippen LogP contribution in [0.15, 0.2) is 36.5 Å². The minimum atomic E-state index is -0.854. The number of hydrogen-bond donors (Lipinski definition) is 3. The molecule has 0 aliphatic rings. The molecule has 0 saturated heterocycles. The highest BCUT2D eigenvalue weighted by Crippen LogP contribution is 2.15. The minimum absolute atomic E-state index is 0.0150. The maximum atomic E-state index is 12.4. The zero-order chi connectivity index (χ0) is 45.1. The van der Waals surface area contributed by atoms with E-state index in [0.29, 0.717) is 19.4 Å². The van der Waals surface area contributed by atoms with Crippen LogP contribution in [-0.4, -0.2) is 47.4 Å². The third-order valence-corrected chi connectivity index (χ3v) is 12.4. The predicted octanol–water partition coefficient (Wildman–Crippen LogP) is 16.5. The van der Waals surface area contributed by atoms with E-state index in [1.165, 1.54) is 186 Å². The van der Waals surface area contributed by atoms with Gasteiger partial charge in [0.2, 0.25) is 5.91 Å². The van der Waals surface area contributed by atoms with Gasteiger partial charge in [0, 0.05) is 12.8 Å². The average molecular weight is 872 g/mol. The first-order valence-corrected chi connectivity index (χ1v) is 27.3. The number of hydrogen-bond acceptors (Lipinski definition) is 5. The molecule has 0 heterocycles. The van der Waals surface area contributed by atoms with Gasteiger partial charge in [-0.1, -0.05) is 224 Å². The van der Waals surface area contributed by atoms with E-state index in [1.807, 2.05) is 6.08 Å². The highest BCUT2D eigenvalue weighted by atomic mass is 16.5. The van der Waals surface area contributed by atoms with Crippen molar-refractivity contribution in [1.82, 2.24) is 5.32 Å². The molecule has 2 unspecified atom stereocenters. The Morgan fingerprint density at radius 1 is 0.435 bits per heavy atom. The number of rotatable bonds is 50. The fourth-order valence-corrected chi connectivity index (χ4v) is 8.15. The van der Waals surface area contributed by atoms with Crippen LogP contribution in [0, 0.1) is 0 Å². The number of carbonyl (C=O) groups is 2. The molecule has 0 spiro atoms. The second-order valence-electron chi connectivity index (χ2n) is 18.5. The number of esters is 1. The summed E-state index contributed by atoms with van der Waals surface area (Å²) in [5.74, 6) is -0.0991. The Kier molecular flexibility index (Phi) is 50.1. The number of nitrogens with one attached hydrogen (secondary N) is 1. The summed E-state index contributed by atoms with van der Waals surface area (Å²) in [5.41, 5.74) is 0. The Balaban J connectivity index is 3.49. The van der Waals surface area contributed by atoms with Crippen molar-refractivity contribution in [2.24, 2.45) is 0 Å². The van der Waals surface area contributed by atoms with E-state index in [0.717, 1.165) is 70.6 Å². The summed E-state index contributed by atoms with van der Waals surface area (Å²) in [4.78, 5) is 24.5. The first kappa shape index (κ1) is 60.1. The SMILES string of the molecule is CCCCCCCC/C=C\CCCCCCCCCC(=O)OCCCCCC/C=C\CCCCCCCCCC(=O)NC(CO)C(O)/C=C/CCCCCCCCCCCCC. The molecule has 6 heteroatoms. The van der Waals surface area contributed by atoms with Crippen LogP contribution in [0.2, 0.25) is 0 Å². The van der Waals surface area contributed by atoms with Gasteiger partial charge in [-0.15, -0.1) is 0 Å². The fraction of sp³-hybridized carbons (Fsp3) is 0.857. The summed E-state index contributed by atoms with van der Waals surface area (Å²) in [5, 5.41) is 23.0. The van der Waals surface area contributed by atoms with Crippen LogP contribution in [0.25, 0.3) is 0 Å². The molecule has 0 fully saturated rings. The maximum absolute atomic E-state index is 12.4. The lowest BCUT2D eigenvalue weighted by atomic mass is 10.0. The van der Waals surface area contributed by atoms with E-state index < -0.39 is 12.1 Å². The molecule has 364 valence electrons. The third-order valence-electron chi connectivity index (χ3n) is 12.4. The quantitative estimate of drug-likeness (QED) is 0.0321. The summed E-state index contributed by atoms with van der Waals surface area (Å²) < 4.78 is 5.46. The Hall–Kier alpha value is -1.92. The van der Waals surface area contributed by atoms with E-state index in [4.69, 9.17) is 4.74 Å². The summed E-state index contributed by atoms with van der Waals surface area (Å²) in [7, 11) is 0. The molecule has 0 rings (SSSR count). The lowest BCUT2D eigenvalue weighted by Gasteiger charge is -2.20. The number of aliphatic hydroxyl groups excluding tert-OH is 2. The van der Waals surface area contributed by atoms with Crippen molar-refractivity contribution in [3.63, 3.8) is 0 Å². The standard InChI is InChI=1S/C56H105NO5/c1-3-5-7-9-11-13-15-17-18-19-22-26-30-34-38-42-46-50-56(61)62-51-47-43-39-35-31-27-23-20-21-25-29-33-37-41-45-49-55(60)57-53(52-58)54(59)48-44-40-36-32-28-24-16-14-12-10-8-6-4-2/h17-18,23,27,44,48,53-54,58-59H,3-16,19-22,24-26,28-43,45-47,49-52H2,1-2H3,(H,57,60)/b18-17-,27-23-,48-44+. The van der Waals surface area contributed by atoms with Gasteiger partial charge in [-0.3, -0.25) is 9.59 Å². The zero-order valence-electron chi connectivity index (χ0n) is 41.4. The van der Waals surface area contributed by atoms with E-state index in [9.17, 15) is 19.8 Å². The van der Waals surface area contributed by atoms with Gasteiger partial charge < -0.3 is 20.3 Å². The van der Waals surface area contributed by atoms with E-state index in [1.54, 1.807) is 6.08 Å². The zero-order valence-corrected chi connectivity index (χ0v) is 41.4. The smallest absolute Gasteiger partial charge is 0.305 e. The molecule has 6 nitrogen and oxygen atoms in total. The van der Waals surface area contributed by atoms with Crippen molar-refractivity contribution in [3.05, 3.63) is 36.5 Å². The van der Waals surface area contributed by atoms with Crippen LogP contribution in [0.5, 0.6) is 0 Å². The average Bonchev–Trinajstić information content (AvgIpc) is 3.27. The lowest BCUT2D eigenvalue weighted by Crippen LogP contribution is -2.45. The van der Waals surface area contributed by atoms with Crippen LogP contribution in [0.3, 0.4) is 0 Å². The monoisotopic (exact) mass is 872 g/mol. The largest absolute Gasteiger partial charge is 0.466 e. The molecule has 0 aliphatic carbocycles. The normalized spacial score (nSPS) is 12.9. The lowest BCUT2D eigenvalue weighted by molar-refractivity contribution is -0.143. The molecule has 0 aromatic heterocycles. The fourth-order valence-electron chi connectivity index (χ4n) is 8.15. The van der Waals surface area contributed by atoms with Crippen LogP contribution in [0.1, 0.15) is 284 Å². The van der Waals surface area contributed by atoms with Crippen molar-refractivity contribution in [3.8, 4) is 0 Å². The number of aliphatic hydroxyl groups is 2. The molecule has 1 amide bonds. The Labute approximate surface area is 385 Å². The number of amides is 1. The molecule has 0 bridgehead atoms. The molecule has 0 aromatic rings. The number of allylic oxidation sites excluding steroid dienone is 5. The van der Waals surface area contributed by atoms with Crippen molar-refractivity contribution in [2.75, 3.05) is 13.2 Å². The summed E-state index contributed by atoms with van der Waals surface area (Å²) >= 11 is 0. The Morgan fingerprint density at radius 2 is 0.758 bits per heavy atom. The van der Waals surface area contributed by atoms with Gasteiger partial charge in [-0.25, -0.2) is 0 Å². The summed E-state index contributed by atoms with van der Waals surface area (Å²) in [6.45, 7) is 4.86. The molecular formula is C56H105NO5. The van der Waals surface area contributed by atoms with Crippen LogP contribution >= 0.6 is 0 Å². The molecule has 62 heavy (non-hydrogen) atoms. The number of unbranched alkanes of at least 4 members (excludes halogenated alkanes) is 35. The second-order valence-corrected chi connectivity index (χ2v) is 18.5. The van der Waals surface area contributed by atoms with E-state index >= 15 is 0 Å². The number of carbonyl (C=O) groups excluding carboxylic acids is 2. The van der Waals surface area contributed by atoms with Gasteiger partial charge in [0.05, 0.1) is 25.4 Å². The molecule has 3 N–H and O–H groups in total. The van der Waals surface area contributed by atoms with Crippen molar-refractivity contribution in [2.45, 2.75) is 296 Å². The molecule has 0 aliphatic heterocycles.